The van der Waals surface area contributed by atoms with E-state index in [-0.39, 0.29) is 11.5 Å². The highest BCUT2D eigenvalue weighted by atomic mass is 16.6. The van der Waals surface area contributed by atoms with Crippen LogP contribution in [0.3, 0.4) is 0 Å². The van der Waals surface area contributed by atoms with Crippen LogP contribution in [0.15, 0.2) is 136 Å². The van der Waals surface area contributed by atoms with E-state index in [9.17, 15) is 19.7 Å². The molecule has 0 N–H and O–H groups in total. The van der Waals surface area contributed by atoms with Gasteiger partial charge in [-0.3, -0.25) is 10.1 Å². The maximum Gasteiger partial charge on any atom is 0.350 e. The van der Waals surface area contributed by atoms with Crippen molar-refractivity contribution in [2.75, 3.05) is 0 Å². The van der Waals surface area contributed by atoms with Crippen molar-refractivity contribution in [3.05, 3.63) is 148 Å². The number of para-hydroxylation sites is 1. The zero-order valence-corrected chi connectivity index (χ0v) is 25.6. The Labute approximate surface area is 270 Å². The van der Waals surface area contributed by atoms with Crippen molar-refractivity contribution in [3.63, 3.8) is 0 Å². The number of nitrogens with zero attached hydrogens (tertiary/aromatic N) is 5. The topological polar surface area (TPSA) is 145 Å². The summed E-state index contributed by atoms with van der Waals surface area (Å²) in [5.41, 5.74) is 3.23. The molecule has 0 amide bonds. The Kier molecular flexibility index (Phi) is 10.3. The highest BCUT2D eigenvalue weighted by Gasteiger charge is 2.30. The van der Waals surface area contributed by atoms with E-state index in [0.29, 0.717) is 22.7 Å². The average molecular weight is 628 g/mol. The van der Waals surface area contributed by atoms with Gasteiger partial charge in [0.05, 0.1) is 27.7 Å². The van der Waals surface area contributed by atoms with E-state index >= 15 is 0 Å². The van der Waals surface area contributed by atoms with Crippen LogP contribution in [-0.2, 0) is 12.8 Å². The minimum absolute atomic E-state index is 0.124. The number of aryl methyl sites for hydroxylation is 2. The van der Waals surface area contributed by atoms with Gasteiger partial charge < -0.3 is 9.47 Å². The predicted molar refractivity (Wildman–Crippen MR) is 176 cm³/mol. The Morgan fingerprint density at radius 2 is 0.872 bits per heavy atom. The van der Waals surface area contributed by atoms with Gasteiger partial charge in [-0.25, -0.2) is 9.59 Å². The summed E-state index contributed by atoms with van der Waals surface area (Å²) in [6, 6.07) is 31.4. The number of ether oxygens (including phenoxy) is 2. The molecule has 5 aromatic carbocycles. The normalized spacial score (nSPS) is 11.1. The molecular formula is C36H29N5O6. The molecule has 0 aliphatic heterocycles. The summed E-state index contributed by atoms with van der Waals surface area (Å²) in [5.74, 6) is -1.79. The van der Waals surface area contributed by atoms with Crippen LogP contribution < -0.4 is 9.47 Å². The largest absolute Gasteiger partial charge is 0.423 e. The first-order chi connectivity index (χ1) is 22.8. The van der Waals surface area contributed by atoms with Crippen LogP contribution in [0, 0.1) is 10.1 Å². The first-order valence-electron chi connectivity index (χ1n) is 14.8. The van der Waals surface area contributed by atoms with Crippen molar-refractivity contribution in [3.8, 4) is 11.5 Å². The Balaban J connectivity index is 1.25. The quantitative estimate of drug-likeness (QED) is 0.0468. The van der Waals surface area contributed by atoms with Crippen molar-refractivity contribution in [1.82, 2.24) is 0 Å². The molecule has 0 unspecified atom stereocenters. The molecule has 0 atom stereocenters. The lowest BCUT2D eigenvalue weighted by atomic mass is 10.1. The fourth-order valence-electron chi connectivity index (χ4n) is 4.38. The zero-order valence-electron chi connectivity index (χ0n) is 25.6. The van der Waals surface area contributed by atoms with Gasteiger partial charge in [0.2, 0.25) is 0 Å². The summed E-state index contributed by atoms with van der Waals surface area (Å²) >= 11 is 0. The summed E-state index contributed by atoms with van der Waals surface area (Å²) in [7, 11) is 0. The van der Waals surface area contributed by atoms with Gasteiger partial charge in [-0.1, -0.05) is 44.2 Å². The Hall–Kier alpha value is -6.36. The second-order valence-electron chi connectivity index (χ2n) is 10.2. The molecule has 0 aliphatic carbocycles. The number of carbonyl (C=O) groups is 2. The standard InChI is InChI=1S/C36H29N5O6/c1-3-24-8-12-26(13-9-24)37-39-28-16-20-30(21-17-28)46-35(42)32-6-5-7-33(34(32)41(44)45)36(43)47-31-22-18-29(19-23-31)40-38-27-14-10-25(4-2)11-15-27/h5-23H,3-4H2,1-2H3. The number of esters is 2. The lowest BCUT2D eigenvalue weighted by Crippen LogP contribution is -2.16. The molecule has 11 nitrogen and oxygen atoms in total. The molecular weight excluding hydrogens is 598 g/mol. The Morgan fingerprint density at radius 1 is 0.553 bits per heavy atom. The molecule has 0 spiro atoms. The van der Waals surface area contributed by atoms with E-state index in [1.807, 2.05) is 48.5 Å². The van der Waals surface area contributed by atoms with Gasteiger partial charge in [-0.05, 0) is 109 Å². The van der Waals surface area contributed by atoms with E-state index in [1.54, 1.807) is 24.3 Å². The van der Waals surface area contributed by atoms with Gasteiger partial charge in [-0.2, -0.15) is 20.5 Å². The molecule has 5 aromatic rings. The highest BCUT2D eigenvalue weighted by Crippen LogP contribution is 2.29. The summed E-state index contributed by atoms with van der Waals surface area (Å²) in [6.45, 7) is 4.14. The summed E-state index contributed by atoms with van der Waals surface area (Å²) < 4.78 is 10.8. The SMILES string of the molecule is CCc1ccc(N=Nc2ccc(OC(=O)c3cccc(C(=O)Oc4ccc(N=Nc5ccc(CC)cc5)cc4)c3[N+](=O)[O-])cc2)cc1. The van der Waals surface area contributed by atoms with Crippen LogP contribution in [-0.4, -0.2) is 16.9 Å². The molecule has 0 radical (unpaired) electrons. The number of nitro groups is 1. The van der Waals surface area contributed by atoms with Crippen LogP contribution in [0.25, 0.3) is 0 Å². The van der Waals surface area contributed by atoms with Gasteiger partial charge in [0, 0.05) is 0 Å². The van der Waals surface area contributed by atoms with Crippen LogP contribution in [0.1, 0.15) is 45.7 Å². The molecule has 0 fully saturated rings. The van der Waals surface area contributed by atoms with Crippen molar-refractivity contribution >= 4 is 40.4 Å². The van der Waals surface area contributed by atoms with Gasteiger partial charge in [0.1, 0.15) is 22.6 Å². The second-order valence-corrected chi connectivity index (χ2v) is 10.2. The minimum atomic E-state index is -1.02. The fraction of sp³-hybridized carbons (Fsp3) is 0.111. The fourth-order valence-corrected chi connectivity index (χ4v) is 4.38. The third kappa shape index (κ3) is 8.43. The number of azo groups is 2. The van der Waals surface area contributed by atoms with Gasteiger partial charge >= 0.3 is 11.9 Å². The number of benzene rings is 5. The van der Waals surface area contributed by atoms with E-state index in [4.69, 9.17) is 9.47 Å². The zero-order chi connectivity index (χ0) is 33.2. The maximum absolute atomic E-state index is 13.0. The average Bonchev–Trinajstić information content (AvgIpc) is 3.11. The van der Waals surface area contributed by atoms with E-state index in [0.717, 1.165) is 12.8 Å². The second kappa shape index (κ2) is 15.1. The smallest absolute Gasteiger partial charge is 0.350 e. The van der Waals surface area contributed by atoms with Crippen molar-refractivity contribution in [2.45, 2.75) is 26.7 Å². The van der Waals surface area contributed by atoms with Crippen molar-refractivity contribution in [1.29, 1.82) is 0 Å². The molecule has 234 valence electrons. The third-order valence-corrected chi connectivity index (χ3v) is 7.00. The monoisotopic (exact) mass is 627 g/mol. The molecule has 0 bridgehead atoms. The van der Waals surface area contributed by atoms with Crippen molar-refractivity contribution in [2.24, 2.45) is 20.5 Å². The van der Waals surface area contributed by atoms with Gasteiger partial charge in [-0.15, -0.1) is 0 Å². The minimum Gasteiger partial charge on any atom is -0.423 e. The van der Waals surface area contributed by atoms with Gasteiger partial charge in [0.25, 0.3) is 5.69 Å². The first kappa shape index (κ1) is 32.0. The first-order valence-corrected chi connectivity index (χ1v) is 14.8. The van der Waals surface area contributed by atoms with E-state index in [1.165, 1.54) is 53.6 Å². The summed E-state index contributed by atoms with van der Waals surface area (Å²) in [5, 5.41) is 28.8. The molecule has 0 aliphatic rings. The van der Waals surface area contributed by atoms with Crippen LogP contribution in [0.2, 0.25) is 0 Å². The lowest BCUT2D eigenvalue weighted by Gasteiger charge is -2.09. The molecule has 11 heteroatoms. The number of hydrogen-bond donors (Lipinski definition) is 0. The molecule has 0 saturated carbocycles. The molecule has 0 aromatic heterocycles. The summed E-state index contributed by atoms with van der Waals surface area (Å²) in [6.07, 6.45) is 1.85. The van der Waals surface area contributed by atoms with Crippen LogP contribution >= 0.6 is 0 Å². The molecule has 47 heavy (non-hydrogen) atoms. The number of rotatable bonds is 11. The van der Waals surface area contributed by atoms with E-state index < -0.39 is 33.7 Å². The number of carbonyl (C=O) groups excluding carboxylic acids is 2. The predicted octanol–water partition coefficient (Wildman–Crippen LogP) is 9.99. The highest BCUT2D eigenvalue weighted by molar-refractivity contribution is 6.03. The molecule has 5 rings (SSSR count). The third-order valence-electron chi connectivity index (χ3n) is 7.00. The number of hydrogen-bond acceptors (Lipinski definition) is 10. The van der Waals surface area contributed by atoms with Crippen LogP contribution in [0.5, 0.6) is 11.5 Å². The maximum atomic E-state index is 13.0. The van der Waals surface area contributed by atoms with Gasteiger partial charge in [0.15, 0.2) is 0 Å². The molecule has 0 saturated heterocycles. The Morgan fingerprint density at radius 3 is 1.17 bits per heavy atom. The number of nitro benzene ring substituents is 1. The Bertz CT molecular complexity index is 1800. The lowest BCUT2D eigenvalue weighted by molar-refractivity contribution is -0.385. The molecule has 0 heterocycles. The van der Waals surface area contributed by atoms with Crippen molar-refractivity contribution < 1.29 is 24.0 Å². The van der Waals surface area contributed by atoms with Crippen LogP contribution in [0.4, 0.5) is 28.4 Å². The van der Waals surface area contributed by atoms with E-state index in [2.05, 4.69) is 34.3 Å². The summed E-state index contributed by atoms with van der Waals surface area (Å²) in [4.78, 5) is 37.2.